The molecule has 4 heteroatoms. The van der Waals surface area contributed by atoms with Crippen molar-refractivity contribution in [2.75, 3.05) is 13.1 Å². The van der Waals surface area contributed by atoms with Gasteiger partial charge >= 0.3 is 0 Å². The predicted octanol–water partition coefficient (Wildman–Crippen LogP) is 6.36. The van der Waals surface area contributed by atoms with Gasteiger partial charge in [0.1, 0.15) is 5.82 Å². The molecule has 0 aliphatic carbocycles. The third kappa shape index (κ3) is 3.55. The number of rotatable bonds is 3. The van der Waals surface area contributed by atoms with Crippen molar-refractivity contribution >= 4 is 21.8 Å². The third-order valence-electron chi connectivity index (χ3n) is 8.63. The van der Waals surface area contributed by atoms with Crippen molar-refractivity contribution < 1.29 is 5.11 Å². The number of imidazole rings is 1. The van der Waals surface area contributed by atoms with Gasteiger partial charge in [0.2, 0.25) is 0 Å². The minimum atomic E-state index is -0.730. The van der Waals surface area contributed by atoms with Crippen LogP contribution in [0.4, 0.5) is 0 Å². The lowest BCUT2D eigenvalue weighted by atomic mass is 9.84. The first-order valence-corrected chi connectivity index (χ1v) is 12.5. The zero-order valence-electron chi connectivity index (χ0n) is 21.7. The van der Waals surface area contributed by atoms with Gasteiger partial charge in [0.25, 0.3) is 0 Å². The number of hydrogen-bond acceptors (Lipinski definition) is 3. The number of aliphatic hydroxyl groups is 1. The number of H-pyrrole nitrogens is 1. The topological polar surface area (TPSA) is 52.1 Å². The third-order valence-corrected chi connectivity index (χ3v) is 8.63. The maximum Gasteiger partial charge on any atom is 0.121 e. The zero-order valence-corrected chi connectivity index (χ0v) is 21.7. The van der Waals surface area contributed by atoms with E-state index < -0.39 is 5.60 Å². The molecule has 4 nitrogen and oxygen atoms in total. The fourth-order valence-electron chi connectivity index (χ4n) is 5.85. The molecule has 1 aromatic heterocycles. The lowest BCUT2D eigenvalue weighted by Gasteiger charge is -2.38. The minimum Gasteiger partial charge on any atom is -0.385 e. The Bertz CT molecular complexity index is 1400. The summed E-state index contributed by atoms with van der Waals surface area (Å²) in [6.45, 7) is 18.0. The number of piperidine rings is 1. The summed E-state index contributed by atoms with van der Waals surface area (Å²) in [5, 5.41) is 14.0. The van der Waals surface area contributed by atoms with Crippen molar-refractivity contribution in [3.8, 4) is 0 Å². The van der Waals surface area contributed by atoms with Gasteiger partial charge in [-0.1, -0.05) is 29.8 Å². The lowest BCUT2D eigenvalue weighted by molar-refractivity contribution is -0.0281. The SMILES string of the molecule is Cc1ccc(C2(O)CCN(Cc3nc4c(C)c(C)c5c(C)c(C)c(C)c(C)c5c4[nH]3)CC2)cc1. The maximum absolute atomic E-state index is 11.3. The summed E-state index contributed by atoms with van der Waals surface area (Å²) in [5.74, 6) is 1.01. The Kier molecular flexibility index (Phi) is 5.57. The summed E-state index contributed by atoms with van der Waals surface area (Å²) < 4.78 is 0. The van der Waals surface area contributed by atoms with Crippen LogP contribution >= 0.6 is 0 Å². The van der Waals surface area contributed by atoms with E-state index in [4.69, 9.17) is 4.98 Å². The predicted molar refractivity (Wildman–Crippen MR) is 142 cm³/mol. The summed E-state index contributed by atoms with van der Waals surface area (Å²) in [4.78, 5) is 11.2. The zero-order chi connectivity index (χ0) is 24.4. The standard InChI is InChI=1S/C30H37N3O/c1-17-8-10-24(11-9-17)30(34)12-14-33(15-13-30)16-25-31-28-23(7)22(6)26-20(4)18(2)19(3)21(5)27(26)29(28)32-25/h8-11,34H,12-16H2,1-7H3,(H,31,32). The van der Waals surface area contributed by atoms with Gasteiger partial charge in [0, 0.05) is 18.5 Å². The van der Waals surface area contributed by atoms with Crippen LogP contribution in [0, 0.1) is 48.5 Å². The quantitative estimate of drug-likeness (QED) is 0.378. The van der Waals surface area contributed by atoms with E-state index in [1.807, 2.05) is 0 Å². The molecule has 2 N–H and O–H groups in total. The average molecular weight is 456 g/mol. The van der Waals surface area contributed by atoms with Crippen LogP contribution in [0.15, 0.2) is 24.3 Å². The van der Waals surface area contributed by atoms with E-state index in [0.29, 0.717) is 0 Å². The second-order valence-corrected chi connectivity index (χ2v) is 10.6. The number of nitrogens with zero attached hydrogens (tertiary/aromatic N) is 2. The number of benzene rings is 3. The second kappa shape index (κ2) is 8.21. The Balaban J connectivity index is 1.46. The normalized spacial score (nSPS) is 16.6. The molecule has 1 aliphatic rings. The van der Waals surface area contributed by atoms with Crippen LogP contribution in [0.25, 0.3) is 21.8 Å². The highest BCUT2D eigenvalue weighted by atomic mass is 16.3. The van der Waals surface area contributed by atoms with Crippen LogP contribution in [0.3, 0.4) is 0 Å². The molecule has 1 fully saturated rings. The molecule has 2 heterocycles. The fourth-order valence-corrected chi connectivity index (χ4v) is 5.85. The molecule has 1 saturated heterocycles. The van der Waals surface area contributed by atoms with E-state index in [1.54, 1.807) is 0 Å². The fraction of sp³-hybridized carbons (Fsp3) is 0.433. The molecule has 3 aromatic carbocycles. The number of fused-ring (bicyclic) bond motifs is 3. The van der Waals surface area contributed by atoms with E-state index in [0.717, 1.165) is 49.4 Å². The summed E-state index contributed by atoms with van der Waals surface area (Å²) >= 11 is 0. The van der Waals surface area contributed by atoms with Crippen LogP contribution in [0.5, 0.6) is 0 Å². The molecule has 0 bridgehead atoms. The number of aryl methyl sites for hydroxylation is 5. The summed E-state index contributed by atoms with van der Waals surface area (Å²) in [7, 11) is 0. The minimum absolute atomic E-state index is 0.730. The molecule has 0 unspecified atom stereocenters. The Morgan fingerprint density at radius 2 is 1.35 bits per heavy atom. The Hall–Kier alpha value is -2.69. The smallest absolute Gasteiger partial charge is 0.121 e. The van der Waals surface area contributed by atoms with Crippen LogP contribution in [-0.2, 0) is 12.1 Å². The highest BCUT2D eigenvalue weighted by Gasteiger charge is 2.34. The van der Waals surface area contributed by atoms with E-state index in [-0.39, 0.29) is 0 Å². The Morgan fingerprint density at radius 1 is 0.794 bits per heavy atom. The number of hydrogen-bond donors (Lipinski definition) is 2. The van der Waals surface area contributed by atoms with Crippen molar-refractivity contribution in [2.24, 2.45) is 0 Å². The van der Waals surface area contributed by atoms with Gasteiger partial charge in [-0.25, -0.2) is 4.98 Å². The Labute approximate surface area is 203 Å². The first kappa shape index (κ1) is 23.1. The van der Waals surface area contributed by atoms with Crippen LogP contribution in [0.1, 0.15) is 63.2 Å². The molecule has 178 valence electrons. The van der Waals surface area contributed by atoms with E-state index >= 15 is 0 Å². The van der Waals surface area contributed by atoms with Crippen LogP contribution < -0.4 is 0 Å². The number of aromatic nitrogens is 2. The average Bonchev–Trinajstić information content (AvgIpc) is 3.24. The summed E-state index contributed by atoms with van der Waals surface area (Å²) in [6, 6.07) is 8.34. The van der Waals surface area contributed by atoms with E-state index in [2.05, 4.69) is 82.6 Å². The van der Waals surface area contributed by atoms with Gasteiger partial charge in [0.15, 0.2) is 0 Å². The van der Waals surface area contributed by atoms with Crippen molar-refractivity contribution in [3.05, 3.63) is 74.6 Å². The van der Waals surface area contributed by atoms with Gasteiger partial charge in [-0.3, -0.25) is 4.90 Å². The molecule has 1 aliphatic heterocycles. The monoisotopic (exact) mass is 455 g/mol. The molecule has 34 heavy (non-hydrogen) atoms. The number of nitrogens with one attached hydrogen (secondary N) is 1. The molecule has 0 spiro atoms. The number of likely N-dealkylation sites (tertiary alicyclic amines) is 1. The molecular weight excluding hydrogens is 418 g/mol. The van der Waals surface area contributed by atoms with Crippen molar-refractivity contribution in [1.82, 2.24) is 14.9 Å². The molecule has 5 rings (SSSR count). The molecule has 0 saturated carbocycles. The van der Waals surface area contributed by atoms with Crippen molar-refractivity contribution in [3.63, 3.8) is 0 Å². The molecule has 0 atom stereocenters. The molecule has 0 radical (unpaired) electrons. The summed E-state index contributed by atoms with van der Waals surface area (Å²) in [6.07, 6.45) is 1.49. The molecule has 4 aromatic rings. The van der Waals surface area contributed by atoms with Gasteiger partial charge in [-0.05, 0) is 106 Å². The van der Waals surface area contributed by atoms with Gasteiger partial charge in [-0.2, -0.15) is 0 Å². The highest BCUT2D eigenvalue weighted by molar-refractivity contribution is 6.11. The molecular formula is C30H37N3O. The first-order chi connectivity index (χ1) is 16.1. The van der Waals surface area contributed by atoms with Gasteiger partial charge in [0.05, 0.1) is 23.2 Å². The van der Waals surface area contributed by atoms with E-state index in [9.17, 15) is 5.11 Å². The lowest BCUT2D eigenvalue weighted by Crippen LogP contribution is -2.42. The first-order valence-electron chi connectivity index (χ1n) is 12.5. The maximum atomic E-state index is 11.3. The second-order valence-electron chi connectivity index (χ2n) is 10.6. The van der Waals surface area contributed by atoms with Gasteiger partial charge in [-0.15, -0.1) is 0 Å². The van der Waals surface area contributed by atoms with Gasteiger partial charge < -0.3 is 10.1 Å². The van der Waals surface area contributed by atoms with Crippen LogP contribution in [0.2, 0.25) is 0 Å². The van der Waals surface area contributed by atoms with Crippen molar-refractivity contribution in [2.45, 2.75) is 73.5 Å². The summed E-state index contributed by atoms with van der Waals surface area (Å²) in [5.41, 5.74) is 11.9. The largest absolute Gasteiger partial charge is 0.385 e. The molecule has 0 amide bonds. The Morgan fingerprint density at radius 3 is 1.97 bits per heavy atom. The van der Waals surface area contributed by atoms with E-state index in [1.165, 1.54) is 55.2 Å². The van der Waals surface area contributed by atoms with Crippen LogP contribution in [-0.4, -0.2) is 33.1 Å². The highest BCUT2D eigenvalue weighted by Crippen LogP contribution is 2.38. The number of aromatic amines is 1. The van der Waals surface area contributed by atoms with Crippen molar-refractivity contribution in [1.29, 1.82) is 0 Å².